The minimum atomic E-state index is -0.376. The summed E-state index contributed by atoms with van der Waals surface area (Å²) in [4.78, 5) is 29.7. The van der Waals surface area contributed by atoms with E-state index in [-0.39, 0.29) is 18.4 Å². The largest absolute Gasteiger partial charge is 0.493 e. The van der Waals surface area contributed by atoms with E-state index in [1.807, 2.05) is 41.8 Å². The van der Waals surface area contributed by atoms with Crippen LogP contribution in [-0.4, -0.2) is 36.7 Å². The summed E-state index contributed by atoms with van der Waals surface area (Å²) < 4.78 is 11.7. The van der Waals surface area contributed by atoms with Gasteiger partial charge in [-0.25, -0.2) is 10.4 Å². The van der Waals surface area contributed by atoms with Crippen molar-refractivity contribution in [1.82, 2.24) is 10.4 Å². The summed E-state index contributed by atoms with van der Waals surface area (Å²) in [6, 6.07) is 24.6. The van der Waals surface area contributed by atoms with Gasteiger partial charge in [0.25, 0.3) is 11.8 Å². The lowest BCUT2D eigenvalue weighted by molar-refractivity contribution is -0.118. The minimum absolute atomic E-state index is 0.246. The molecule has 1 aromatic heterocycles. The third-order valence-corrected chi connectivity index (χ3v) is 8.00. The number of amides is 2. The fourth-order valence-electron chi connectivity index (χ4n) is 3.97. The number of ether oxygens (including phenoxy) is 2. The Morgan fingerprint density at radius 3 is 2.29 bits per heavy atom. The van der Waals surface area contributed by atoms with Crippen LogP contribution in [-0.2, 0) is 4.79 Å². The maximum atomic E-state index is 12.7. The van der Waals surface area contributed by atoms with Gasteiger partial charge in [0.1, 0.15) is 0 Å². The highest BCUT2D eigenvalue weighted by Crippen LogP contribution is 2.36. The molecule has 5 aromatic rings. The van der Waals surface area contributed by atoms with E-state index in [2.05, 4.69) is 42.1 Å². The van der Waals surface area contributed by atoms with E-state index in [1.165, 1.54) is 24.7 Å². The van der Waals surface area contributed by atoms with Gasteiger partial charge < -0.3 is 20.1 Å². The van der Waals surface area contributed by atoms with Gasteiger partial charge >= 0.3 is 0 Å². The van der Waals surface area contributed by atoms with Gasteiger partial charge in [-0.05, 0) is 94.3 Å². The first-order valence-electron chi connectivity index (χ1n) is 13.2. The Morgan fingerprint density at radius 1 is 0.956 bits per heavy atom. The van der Waals surface area contributed by atoms with Crippen molar-refractivity contribution in [2.45, 2.75) is 0 Å². The van der Waals surface area contributed by atoms with E-state index in [0.717, 1.165) is 22.1 Å². The van der Waals surface area contributed by atoms with Crippen molar-refractivity contribution < 1.29 is 19.1 Å². The lowest BCUT2D eigenvalue weighted by atomic mass is 10.1. The molecule has 45 heavy (non-hydrogen) atoms. The average molecular weight is 725 g/mol. The number of methoxy groups -OCH3 is 1. The zero-order valence-corrected chi connectivity index (χ0v) is 27.4. The monoisotopic (exact) mass is 723 g/mol. The van der Waals surface area contributed by atoms with Crippen molar-refractivity contribution in [1.29, 1.82) is 0 Å². The highest BCUT2D eigenvalue weighted by Gasteiger charge is 2.14. The van der Waals surface area contributed by atoms with Crippen LogP contribution in [0.5, 0.6) is 11.5 Å². The molecule has 0 atom stereocenters. The Labute approximate surface area is 281 Å². The quantitative estimate of drug-likeness (QED) is 0.0931. The number of carbonyl (C=O) groups is 2. The maximum absolute atomic E-state index is 12.7. The normalized spacial score (nSPS) is 10.8. The highest BCUT2D eigenvalue weighted by molar-refractivity contribution is 9.10. The third-order valence-electron chi connectivity index (χ3n) is 6.15. The van der Waals surface area contributed by atoms with Gasteiger partial charge in [0.15, 0.2) is 23.2 Å². The van der Waals surface area contributed by atoms with E-state index in [1.54, 1.807) is 48.5 Å². The van der Waals surface area contributed by atoms with Crippen LogP contribution < -0.4 is 25.5 Å². The Hall–Kier alpha value is -4.42. The molecule has 9 nitrogen and oxygen atoms in total. The van der Waals surface area contributed by atoms with Crippen LogP contribution in [0.2, 0.25) is 10.0 Å². The van der Waals surface area contributed by atoms with Crippen LogP contribution in [0.3, 0.4) is 0 Å². The molecule has 0 spiro atoms. The van der Waals surface area contributed by atoms with Gasteiger partial charge in [-0.1, -0.05) is 35.3 Å². The van der Waals surface area contributed by atoms with Crippen LogP contribution in [0.15, 0.2) is 99.9 Å². The lowest BCUT2D eigenvalue weighted by Gasteiger charge is -2.13. The molecule has 2 amide bonds. The Morgan fingerprint density at radius 2 is 1.62 bits per heavy atom. The summed E-state index contributed by atoms with van der Waals surface area (Å²) in [6.45, 7) is -0.246. The number of nitrogens with zero attached hydrogens (tertiary/aromatic N) is 2. The third kappa shape index (κ3) is 8.83. The van der Waals surface area contributed by atoms with Crippen molar-refractivity contribution in [3.05, 3.63) is 116 Å². The van der Waals surface area contributed by atoms with Crippen molar-refractivity contribution >= 4 is 85.0 Å². The molecule has 0 saturated carbocycles. The second-order valence-electron chi connectivity index (χ2n) is 9.32. The van der Waals surface area contributed by atoms with E-state index in [0.29, 0.717) is 42.8 Å². The summed E-state index contributed by atoms with van der Waals surface area (Å²) >= 11 is 16.8. The first-order chi connectivity index (χ1) is 21.8. The van der Waals surface area contributed by atoms with Crippen molar-refractivity contribution in [2.24, 2.45) is 5.10 Å². The zero-order valence-electron chi connectivity index (χ0n) is 23.5. The molecule has 0 unspecified atom stereocenters. The van der Waals surface area contributed by atoms with Gasteiger partial charge in [-0.3, -0.25) is 9.59 Å². The molecule has 0 aliphatic rings. The molecule has 0 bridgehead atoms. The maximum Gasteiger partial charge on any atom is 0.271 e. The Kier molecular flexibility index (Phi) is 10.7. The molecule has 3 N–H and O–H groups in total. The first kappa shape index (κ1) is 32.0. The van der Waals surface area contributed by atoms with Crippen molar-refractivity contribution in [3.8, 4) is 22.8 Å². The second-order valence-corrected chi connectivity index (χ2v) is 11.9. The summed E-state index contributed by atoms with van der Waals surface area (Å²) in [6.07, 6.45) is 1.47. The molecule has 5 rings (SSSR count). The number of hydrogen-bond acceptors (Lipinski definition) is 8. The minimum Gasteiger partial charge on any atom is -0.493 e. The van der Waals surface area contributed by atoms with Crippen LogP contribution in [0, 0.1) is 0 Å². The van der Waals surface area contributed by atoms with E-state index >= 15 is 0 Å². The smallest absolute Gasteiger partial charge is 0.271 e. The van der Waals surface area contributed by atoms with Crippen molar-refractivity contribution in [3.63, 3.8) is 0 Å². The molecule has 1 heterocycles. The highest BCUT2D eigenvalue weighted by atomic mass is 79.9. The summed E-state index contributed by atoms with van der Waals surface area (Å²) in [5.74, 6) is -0.00682. The number of benzene rings is 4. The fourth-order valence-corrected chi connectivity index (χ4v) is 5.53. The summed E-state index contributed by atoms with van der Waals surface area (Å²) in [5, 5.41) is 14.0. The average Bonchev–Trinajstić information content (AvgIpc) is 3.51. The number of aromatic nitrogens is 1. The van der Waals surface area contributed by atoms with Gasteiger partial charge in [-0.2, -0.15) is 5.10 Å². The number of carbonyl (C=O) groups excluding carboxylic acids is 2. The van der Waals surface area contributed by atoms with Gasteiger partial charge in [0, 0.05) is 37.9 Å². The SMILES string of the molecule is COc1cc(/C=N\NC(=O)c2ccc(-c3csc(Nc4ccc(Cl)cc4)n3)cc2)cc(Br)c1OCC(=O)Nc1ccc(Cl)cc1. The molecule has 0 aliphatic carbocycles. The van der Waals surface area contributed by atoms with Crippen LogP contribution in [0.25, 0.3) is 11.3 Å². The van der Waals surface area contributed by atoms with E-state index in [9.17, 15) is 9.59 Å². The van der Waals surface area contributed by atoms with Gasteiger partial charge in [0.05, 0.1) is 23.5 Å². The first-order valence-corrected chi connectivity index (χ1v) is 15.7. The number of halogens is 3. The van der Waals surface area contributed by atoms with Crippen LogP contribution in [0.1, 0.15) is 15.9 Å². The van der Waals surface area contributed by atoms with Crippen molar-refractivity contribution in [2.75, 3.05) is 24.4 Å². The molecule has 4 aromatic carbocycles. The number of anilines is 3. The lowest BCUT2D eigenvalue weighted by Crippen LogP contribution is -2.20. The molecular formula is C32H24BrCl2N5O4S. The fraction of sp³-hybridized carbons (Fsp3) is 0.0625. The molecule has 0 aliphatic heterocycles. The number of nitrogens with one attached hydrogen (secondary N) is 3. The molecule has 13 heteroatoms. The Balaban J connectivity index is 1.15. The predicted octanol–water partition coefficient (Wildman–Crippen LogP) is 8.41. The number of hydrazone groups is 1. The van der Waals surface area contributed by atoms with Crippen LogP contribution >= 0.6 is 50.5 Å². The number of hydrogen-bond donors (Lipinski definition) is 3. The van der Waals surface area contributed by atoms with Crippen LogP contribution in [0.4, 0.5) is 16.5 Å². The van der Waals surface area contributed by atoms with E-state index in [4.69, 9.17) is 32.7 Å². The predicted molar refractivity (Wildman–Crippen MR) is 184 cm³/mol. The molecule has 0 fully saturated rings. The second kappa shape index (κ2) is 15.0. The molecule has 228 valence electrons. The molecule has 0 saturated heterocycles. The molecule has 0 radical (unpaired) electrons. The van der Waals surface area contributed by atoms with Gasteiger partial charge in [-0.15, -0.1) is 11.3 Å². The summed E-state index contributed by atoms with van der Waals surface area (Å²) in [5.41, 5.74) is 6.73. The molecular weight excluding hydrogens is 701 g/mol. The number of thiazole rings is 1. The Bertz CT molecular complexity index is 1830. The standard InChI is InChI=1S/C32H24BrCl2N5O4S/c1-43-28-15-19(14-26(33)30(28)44-17-29(41)37-24-10-6-22(34)7-11-24)16-36-40-31(42)21-4-2-20(3-5-21)27-18-45-32(39-27)38-25-12-8-23(35)9-13-25/h2-16,18H,17H2,1H3,(H,37,41)(H,38,39)(H,40,42)/b36-16-. The summed E-state index contributed by atoms with van der Waals surface area (Å²) in [7, 11) is 1.48. The van der Waals surface area contributed by atoms with E-state index < -0.39 is 0 Å². The topological polar surface area (TPSA) is 114 Å². The zero-order chi connectivity index (χ0) is 31.8. The van der Waals surface area contributed by atoms with Gasteiger partial charge in [0.2, 0.25) is 0 Å². The number of rotatable bonds is 11.